The quantitative estimate of drug-likeness (QED) is 0.928. The van der Waals surface area contributed by atoms with Gasteiger partial charge in [-0.25, -0.2) is 9.67 Å². The van der Waals surface area contributed by atoms with Gasteiger partial charge in [0, 0.05) is 30.2 Å². The molecule has 4 heteroatoms. The Morgan fingerprint density at radius 1 is 1.25 bits per heavy atom. The molecule has 0 aliphatic heterocycles. The van der Waals surface area contributed by atoms with Gasteiger partial charge in [-0.3, -0.25) is 0 Å². The maximum absolute atomic E-state index is 4.69. The largest absolute Gasteiger partial charge is 0.308 e. The fraction of sp³-hybridized carbons (Fsp3) is 0.500. The summed E-state index contributed by atoms with van der Waals surface area (Å²) in [5.41, 5.74) is 2.44. The Morgan fingerprint density at radius 2 is 2.00 bits per heavy atom. The average molecular weight is 272 g/mol. The van der Waals surface area contributed by atoms with Crippen LogP contribution in [0.5, 0.6) is 0 Å². The van der Waals surface area contributed by atoms with Gasteiger partial charge in [0.15, 0.2) is 5.82 Å². The number of aromatic nitrogens is 3. The third-order valence-electron chi connectivity index (χ3n) is 3.04. The van der Waals surface area contributed by atoms with Crippen molar-refractivity contribution in [1.82, 2.24) is 20.1 Å². The summed E-state index contributed by atoms with van der Waals surface area (Å²) in [7, 11) is 0. The van der Waals surface area contributed by atoms with Crippen LogP contribution in [0, 0.1) is 0 Å². The van der Waals surface area contributed by atoms with E-state index < -0.39 is 0 Å². The zero-order valence-electron chi connectivity index (χ0n) is 13.0. The predicted octanol–water partition coefficient (Wildman–Crippen LogP) is 3.28. The average Bonchev–Trinajstić information content (AvgIpc) is 2.89. The molecule has 1 N–H and O–H groups in total. The van der Waals surface area contributed by atoms with Gasteiger partial charge >= 0.3 is 0 Å². The molecule has 0 aliphatic carbocycles. The van der Waals surface area contributed by atoms with Crippen molar-refractivity contribution in [2.24, 2.45) is 0 Å². The van der Waals surface area contributed by atoms with Gasteiger partial charge < -0.3 is 5.32 Å². The van der Waals surface area contributed by atoms with Crippen molar-refractivity contribution in [3.05, 3.63) is 41.9 Å². The Morgan fingerprint density at radius 3 is 2.55 bits per heavy atom. The van der Waals surface area contributed by atoms with Crippen LogP contribution in [-0.4, -0.2) is 20.3 Å². The van der Waals surface area contributed by atoms with E-state index >= 15 is 0 Å². The van der Waals surface area contributed by atoms with Crippen molar-refractivity contribution in [2.75, 3.05) is 0 Å². The molecule has 0 saturated carbocycles. The van der Waals surface area contributed by atoms with Crippen molar-refractivity contribution < 1.29 is 0 Å². The Kier molecular flexibility index (Phi) is 4.23. The highest BCUT2D eigenvalue weighted by Gasteiger charge is 2.11. The molecular formula is C16H24N4. The molecule has 2 rings (SSSR count). The zero-order chi connectivity index (χ0) is 14.8. The van der Waals surface area contributed by atoms with E-state index in [0.717, 1.165) is 18.1 Å². The van der Waals surface area contributed by atoms with Crippen LogP contribution in [-0.2, 0) is 6.54 Å². The van der Waals surface area contributed by atoms with E-state index in [9.17, 15) is 0 Å². The molecule has 0 amide bonds. The molecule has 2 aromatic heterocycles. The molecule has 0 atom stereocenters. The summed E-state index contributed by atoms with van der Waals surface area (Å²) >= 11 is 0. The van der Waals surface area contributed by atoms with E-state index in [-0.39, 0.29) is 5.54 Å². The lowest BCUT2D eigenvalue weighted by Gasteiger charge is -2.21. The van der Waals surface area contributed by atoms with E-state index in [4.69, 9.17) is 4.98 Å². The number of rotatable bonds is 4. The zero-order valence-corrected chi connectivity index (χ0v) is 13.0. The highest BCUT2D eigenvalue weighted by Crippen LogP contribution is 2.17. The minimum Gasteiger partial charge on any atom is -0.308 e. The Balaban J connectivity index is 2.32. The van der Waals surface area contributed by atoms with E-state index in [0.29, 0.717) is 5.92 Å². The van der Waals surface area contributed by atoms with Crippen LogP contribution >= 0.6 is 0 Å². The molecule has 108 valence electrons. The summed E-state index contributed by atoms with van der Waals surface area (Å²) in [6, 6.07) is 6.19. The van der Waals surface area contributed by atoms with Crippen LogP contribution < -0.4 is 5.32 Å². The Hall–Kier alpha value is -1.68. The van der Waals surface area contributed by atoms with E-state index in [1.54, 1.807) is 6.20 Å². The lowest BCUT2D eigenvalue weighted by atomic mass is 10.1. The molecule has 0 aromatic carbocycles. The molecule has 4 nitrogen and oxygen atoms in total. The van der Waals surface area contributed by atoms with Crippen molar-refractivity contribution in [3.63, 3.8) is 0 Å². The standard InChI is InChI=1S/C16H24N4/c1-12(2)14-9-13(11-17-16(3,4)5)10-15(19-14)20-8-6-7-18-20/h6-10,12,17H,11H2,1-5H3. The van der Waals surface area contributed by atoms with E-state index in [2.05, 4.69) is 57.2 Å². The van der Waals surface area contributed by atoms with Gasteiger partial charge in [-0.05, 0) is 50.5 Å². The summed E-state index contributed by atoms with van der Waals surface area (Å²) in [6.45, 7) is 11.7. The molecule has 2 aromatic rings. The fourth-order valence-electron chi connectivity index (χ4n) is 1.88. The topological polar surface area (TPSA) is 42.7 Å². The van der Waals surface area contributed by atoms with Crippen LogP contribution in [0.2, 0.25) is 0 Å². The van der Waals surface area contributed by atoms with Gasteiger partial charge in [0.2, 0.25) is 0 Å². The molecule has 0 aliphatic rings. The second-order valence-corrected chi connectivity index (χ2v) is 6.47. The molecule has 20 heavy (non-hydrogen) atoms. The summed E-state index contributed by atoms with van der Waals surface area (Å²) in [5.74, 6) is 1.28. The Bertz CT molecular complexity index is 550. The SMILES string of the molecule is CC(C)c1cc(CNC(C)(C)C)cc(-n2cccn2)n1. The van der Waals surface area contributed by atoms with Gasteiger partial charge in [0.25, 0.3) is 0 Å². The van der Waals surface area contributed by atoms with Gasteiger partial charge in [-0.1, -0.05) is 13.8 Å². The van der Waals surface area contributed by atoms with Crippen LogP contribution in [0.25, 0.3) is 5.82 Å². The second kappa shape index (κ2) is 5.75. The molecule has 0 radical (unpaired) electrons. The van der Waals surface area contributed by atoms with Crippen molar-refractivity contribution >= 4 is 0 Å². The third kappa shape index (κ3) is 3.90. The lowest BCUT2D eigenvalue weighted by molar-refractivity contribution is 0.424. The van der Waals surface area contributed by atoms with E-state index in [1.807, 2.05) is 16.9 Å². The third-order valence-corrected chi connectivity index (χ3v) is 3.04. The van der Waals surface area contributed by atoms with Gasteiger partial charge in [0.1, 0.15) is 0 Å². The van der Waals surface area contributed by atoms with Crippen LogP contribution in [0.1, 0.15) is 51.8 Å². The van der Waals surface area contributed by atoms with Crippen LogP contribution in [0.4, 0.5) is 0 Å². The first-order valence-electron chi connectivity index (χ1n) is 7.11. The highest BCUT2D eigenvalue weighted by atomic mass is 15.3. The normalized spacial score (nSPS) is 12.1. The molecule has 0 saturated heterocycles. The van der Waals surface area contributed by atoms with Gasteiger partial charge in [-0.15, -0.1) is 0 Å². The van der Waals surface area contributed by atoms with Gasteiger partial charge in [0.05, 0.1) is 0 Å². The number of nitrogens with zero attached hydrogens (tertiary/aromatic N) is 3. The molecule has 2 heterocycles. The molecule has 0 unspecified atom stereocenters. The second-order valence-electron chi connectivity index (χ2n) is 6.47. The minimum absolute atomic E-state index is 0.104. The molecule has 0 bridgehead atoms. The smallest absolute Gasteiger partial charge is 0.153 e. The first-order chi connectivity index (χ1) is 9.35. The molecule has 0 fully saturated rings. The van der Waals surface area contributed by atoms with Crippen molar-refractivity contribution in [1.29, 1.82) is 0 Å². The number of pyridine rings is 1. The summed E-state index contributed by atoms with van der Waals surface area (Å²) in [4.78, 5) is 4.69. The Labute approximate surface area is 121 Å². The fourth-order valence-corrected chi connectivity index (χ4v) is 1.88. The number of hydrogen-bond donors (Lipinski definition) is 1. The summed E-state index contributed by atoms with van der Waals surface area (Å²) < 4.78 is 1.81. The van der Waals surface area contributed by atoms with Crippen LogP contribution in [0.15, 0.2) is 30.6 Å². The van der Waals surface area contributed by atoms with Crippen molar-refractivity contribution in [2.45, 2.75) is 52.6 Å². The molecule has 0 spiro atoms. The van der Waals surface area contributed by atoms with Crippen molar-refractivity contribution in [3.8, 4) is 5.82 Å². The highest BCUT2D eigenvalue weighted by molar-refractivity contribution is 5.31. The van der Waals surface area contributed by atoms with E-state index in [1.165, 1.54) is 5.56 Å². The first-order valence-corrected chi connectivity index (χ1v) is 7.11. The maximum Gasteiger partial charge on any atom is 0.153 e. The lowest BCUT2D eigenvalue weighted by Crippen LogP contribution is -2.35. The summed E-state index contributed by atoms with van der Waals surface area (Å²) in [5, 5.41) is 7.79. The van der Waals surface area contributed by atoms with Gasteiger partial charge in [-0.2, -0.15) is 5.10 Å². The predicted molar refractivity (Wildman–Crippen MR) is 82.0 cm³/mol. The summed E-state index contributed by atoms with van der Waals surface area (Å²) in [6.07, 6.45) is 3.70. The van der Waals surface area contributed by atoms with Crippen LogP contribution in [0.3, 0.4) is 0 Å². The number of nitrogens with one attached hydrogen (secondary N) is 1. The minimum atomic E-state index is 0.104. The maximum atomic E-state index is 4.69. The number of hydrogen-bond acceptors (Lipinski definition) is 3. The monoisotopic (exact) mass is 272 g/mol. The first kappa shape index (κ1) is 14.7. The molecular weight excluding hydrogens is 248 g/mol.